The van der Waals surface area contributed by atoms with Crippen molar-refractivity contribution in [3.05, 3.63) is 78.4 Å². The number of amides is 2. The number of carbonyl (C=O) groups excluding carboxylic acids is 2. The van der Waals surface area contributed by atoms with Crippen molar-refractivity contribution in [3.63, 3.8) is 0 Å². The van der Waals surface area contributed by atoms with Crippen molar-refractivity contribution in [2.24, 2.45) is 0 Å². The lowest BCUT2D eigenvalue weighted by Gasteiger charge is -2.16. The van der Waals surface area contributed by atoms with Crippen LogP contribution in [0.2, 0.25) is 0 Å². The Hall–Kier alpha value is -3.89. The molecule has 3 N–H and O–H groups in total. The maximum atomic E-state index is 12.5. The quantitative estimate of drug-likeness (QED) is 0.407. The number of hydrogen-bond acceptors (Lipinski definition) is 6. The van der Waals surface area contributed by atoms with Gasteiger partial charge in [-0.3, -0.25) is 9.59 Å². The molecule has 3 aromatic rings. The number of anilines is 2. The zero-order valence-corrected chi connectivity index (χ0v) is 19.5. The van der Waals surface area contributed by atoms with E-state index in [4.69, 9.17) is 9.47 Å². The molecule has 2 amide bonds. The fourth-order valence-electron chi connectivity index (χ4n) is 3.07. The molecule has 9 nitrogen and oxygen atoms in total. The van der Waals surface area contributed by atoms with Gasteiger partial charge in [0.2, 0.25) is 15.9 Å². The van der Waals surface area contributed by atoms with Crippen molar-refractivity contribution in [2.75, 3.05) is 31.4 Å². The lowest BCUT2D eigenvalue weighted by molar-refractivity contribution is -0.116. The SMILES string of the molecule is COc1cc(NC(=O)c2ccccc2)c(OC)cc1NC(=O)CCNS(=O)(=O)c1ccccc1. The second kappa shape index (κ2) is 11.3. The molecule has 3 rings (SSSR count). The molecule has 0 aliphatic rings. The number of nitrogens with one attached hydrogen (secondary N) is 3. The zero-order valence-electron chi connectivity index (χ0n) is 18.7. The van der Waals surface area contributed by atoms with Gasteiger partial charge >= 0.3 is 0 Å². The van der Waals surface area contributed by atoms with E-state index in [1.807, 2.05) is 6.07 Å². The van der Waals surface area contributed by atoms with Crippen LogP contribution in [0.15, 0.2) is 77.7 Å². The van der Waals surface area contributed by atoms with E-state index in [1.54, 1.807) is 42.5 Å². The molecule has 178 valence electrons. The molecular formula is C24H25N3O6S. The first-order valence-corrected chi connectivity index (χ1v) is 11.8. The van der Waals surface area contributed by atoms with E-state index >= 15 is 0 Å². The van der Waals surface area contributed by atoms with Gasteiger partial charge in [0.25, 0.3) is 5.91 Å². The van der Waals surface area contributed by atoms with E-state index in [9.17, 15) is 18.0 Å². The third-order valence-electron chi connectivity index (χ3n) is 4.78. The third kappa shape index (κ3) is 6.33. The summed E-state index contributed by atoms with van der Waals surface area (Å²) in [6.07, 6.45) is -0.107. The Morgan fingerprint density at radius 3 is 1.88 bits per heavy atom. The lowest BCUT2D eigenvalue weighted by atomic mass is 10.2. The van der Waals surface area contributed by atoms with Crippen molar-refractivity contribution >= 4 is 33.2 Å². The van der Waals surface area contributed by atoms with Crippen LogP contribution in [-0.2, 0) is 14.8 Å². The van der Waals surface area contributed by atoms with E-state index in [-0.39, 0.29) is 23.8 Å². The second-order valence-electron chi connectivity index (χ2n) is 7.08. The van der Waals surface area contributed by atoms with Crippen molar-refractivity contribution in [1.29, 1.82) is 0 Å². The van der Waals surface area contributed by atoms with Crippen LogP contribution in [0.1, 0.15) is 16.8 Å². The van der Waals surface area contributed by atoms with E-state index in [0.717, 1.165) is 0 Å². The van der Waals surface area contributed by atoms with Crippen molar-refractivity contribution in [2.45, 2.75) is 11.3 Å². The maximum absolute atomic E-state index is 12.5. The topological polar surface area (TPSA) is 123 Å². The molecule has 0 heterocycles. The van der Waals surface area contributed by atoms with Gasteiger partial charge in [-0.05, 0) is 24.3 Å². The smallest absolute Gasteiger partial charge is 0.255 e. The van der Waals surface area contributed by atoms with Crippen molar-refractivity contribution in [1.82, 2.24) is 4.72 Å². The van der Waals surface area contributed by atoms with Crippen LogP contribution >= 0.6 is 0 Å². The molecule has 0 aromatic heterocycles. The molecule has 0 unspecified atom stereocenters. The number of hydrogen-bond donors (Lipinski definition) is 3. The summed E-state index contributed by atoms with van der Waals surface area (Å²) in [5.74, 6) is -0.159. The Kier molecular flexibility index (Phi) is 8.23. The summed E-state index contributed by atoms with van der Waals surface area (Å²) >= 11 is 0. The summed E-state index contributed by atoms with van der Waals surface area (Å²) in [4.78, 5) is 25.1. The number of methoxy groups -OCH3 is 2. The molecule has 3 aromatic carbocycles. The largest absolute Gasteiger partial charge is 0.494 e. The number of ether oxygens (including phenoxy) is 2. The minimum absolute atomic E-state index is 0.0896. The highest BCUT2D eigenvalue weighted by Crippen LogP contribution is 2.36. The normalized spacial score (nSPS) is 10.9. The molecule has 0 bridgehead atoms. The van der Waals surface area contributed by atoms with Crippen LogP contribution in [-0.4, -0.2) is 41.0 Å². The van der Waals surface area contributed by atoms with Gasteiger partial charge in [0.1, 0.15) is 11.5 Å². The van der Waals surface area contributed by atoms with Crippen molar-refractivity contribution in [3.8, 4) is 11.5 Å². The van der Waals surface area contributed by atoms with Crippen LogP contribution in [0.25, 0.3) is 0 Å². The molecule has 0 atom stereocenters. The lowest BCUT2D eigenvalue weighted by Crippen LogP contribution is -2.27. The average molecular weight is 484 g/mol. The fourth-order valence-corrected chi connectivity index (χ4v) is 4.12. The molecule has 0 radical (unpaired) electrons. The van der Waals surface area contributed by atoms with Gasteiger partial charge in [0.15, 0.2) is 0 Å². The number of sulfonamides is 1. The first-order valence-electron chi connectivity index (χ1n) is 10.3. The predicted octanol–water partition coefficient (Wildman–Crippen LogP) is 3.26. The van der Waals surface area contributed by atoms with E-state index < -0.39 is 15.9 Å². The molecular weight excluding hydrogens is 458 g/mol. The highest BCUT2D eigenvalue weighted by molar-refractivity contribution is 7.89. The van der Waals surface area contributed by atoms with Gasteiger partial charge in [-0.2, -0.15) is 0 Å². The van der Waals surface area contributed by atoms with E-state index in [2.05, 4.69) is 15.4 Å². The average Bonchev–Trinajstić information content (AvgIpc) is 2.85. The van der Waals surface area contributed by atoms with Gasteiger partial charge < -0.3 is 20.1 Å². The van der Waals surface area contributed by atoms with Crippen LogP contribution in [0.3, 0.4) is 0 Å². The van der Waals surface area contributed by atoms with Crippen molar-refractivity contribution < 1.29 is 27.5 Å². The molecule has 0 fully saturated rings. The van der Waals surface area contributed by atoms with E-state index in [0.29, 0.717) is 28.4 Å². The Labute approximate surface area is 198 Å². The number of carbonyl (C=O) groups is 2. The first kappa shape index (κ1) is 24.7. The minimum Gasteiger partial charge on any atom is -0.494 e. The molecule has 34 heavy (non-hydrogen) atoms. The predicted molar refractivity (Wildman–Crippen MR) is 129 cm³/mol. The number of benzene rings is 3. The highest BCUT2D eigenvalue weighted by atomic mass is 32.2. The summed E-state index contributed by atoms with van der Waals surface area (Å²) in [6.45, 7) is -0.0896. The minimum atomic E-state index is -3.71. The van der Waals surface area contributed by atoms with Gasteiger partial charge in [0, 0.05) is 30.7 Å². The van der Waals surface area contributed by atoms with Crippen LogP contribution in [0.5, 0.6) is 11.5 Å². The second-order valence-corrected chi connectivity index (χ2v) is 8.85. The Balaban J connectivity index is 1.67. The Morgan fingerprint density at radius 2 is 1.32 bits per heavy atom. The summed E-state index contributed by atoms with van der Waals surface area (Å²) in [5.41, 5.74) is 1.15. The maximum Gasteiger partial charge on any atom is 0.255 e. The molecule has 0 aliphatic carbocycles. The van der Waals surface area contributed by atoms with E-state index in [1.165, 1.54) is 38.5 Å². The standard InChI is InChI=1S/C24H25N3O6S/c1-32-21-16-20(27-24(29)17-9-5-3-6-10-17)22(33-2)15-19(21)26-23(28)13-14-25-34(30,31)18-11-7-4-8-12-18/h3-12,15-16,25H,13-14H2,1-2H3,(H,26,28)(H,27,29). The summed E-state index contributed by atoms with van der Waals surface area (Å²) in [7, 11) is -0.848. The fraction of sp³-hybridized carbons (Fsp3) is 0.167. The molecule has 0 spiro atoms. The highest BCUT2D eigenvalue weighted by Gasteiger charge is 2.17. The third-order valence-corrected chi connectivity index (χ3v) is 6.25. The van der Waals surface area contributed by atoms with Crippen LogP contribution in [0, 0.1) is 0 Å². The summed E-state index contributed by atoms with van der Waals surface area (Å²) < 4.78 is 37.7. The molecule has 10 heteroatoms. The zero-order chi connectivity index (χ0) is 24.6. The van der Waals surface area contributed by atoms with Gasteiger partial charge in [-0.15, -0.1) is 0 Å². The molecule has 0 saturated heterocycles. The first-order chi connectivity index (χ1) is 16.3. The molecule has 0 aliphatic heterocycles. The van der Waals surface area contributed by atoms with Gasteiger partial charge in [-0.25, -0.2) is 13.1 Å². The Bertz CT molecular complexity index is 1250. The van der Waals surface area contributed by atoms with Crippen LogP contribution < -0.4 is 24.8 Å². The van der Waals surface area contributed by atoms with Gasteiger partial charge in [0.05, 0.1) is 30.5 Å². The number of rotatable bonds is 10. The summed E-state index contributed by atoms with van der Waals surface area (Å²) in [6, 6.07) is 19.6. The Morgan fingerprint density at radius 1 is 0.794 bits per heavy atom. The van der Waals surface area contributed by atoms with Gasteiger partial charge in [-0.1, -0.05) is 36.4 Å². The van der Waals surface area contributed by atoms with Crippen LogP contribution in [0.4, 0.5) is 11.4 Å². The monoisotopic (exact) mass is 483 g/mol. The molecule has 0 saturated carbocycles. The summed E-state index contributed by atoms with van der Waals surface area (Å²) in [5, 5.41) is 5.45.